The largest absolute Gasteiger partial charge is 0.384 e. The van der Waals surface area contributed by atoms with Gasteiger partial charge in [0.25, 0.3) is 5.91 Å². The lowest BCUT2D eigenvalue weighted by atomic mass is 10.0. The van der Waals surface area contributed by atoms with Crippen molar-refractivity contribution in [3.63, 3.8) is 0 Å². The first kappa shape index (κ1) is 20.2. The van der Waals surface area contributed by atoms with E-state index in [0.29, 0.717) is 5.56 Å². The molecule has 5 nitrogen and oxygen atoms in total. The van der Waals surface area contributed by atoms with Gasteiger partial charge < -0.3 is 15.8 Å². The van der Waals surface area contributed by atoms with E-state index in [-0.39, 0.29) is 17.9 Å². The Morgan fingerprint density at radius 2 is 1.76 bits per heavy atom. The second kappa shape index (κ2) is 9.12. The Hall–Kier alpha value is -3.51. The maximum Gasteiger partial charge on any atom is 0.254 e. The molecule has 1 atom stereocenters. The summed E-state index contributed by atoms with van der Waals surface area (Å²) in [5, 5.41) is 10.2. The number of halogens is 1. The molecule has 0 saturated heterocycles. The topological polar surface area (TPSA) is 88.2 Å². The minimum absolute atomic E-state index is 0.0190. The molecule has 3 rings (SSSR count). The van der Waals surface area contributed by atoms with Gasteiger partial charge in [-0.25, -0.2) is 4.39 Å². The monoisotopic (exact) mass is 391 g/mol. The number of carbonyl (C=O) groups is 1. The lowest BCUT2D eigenvalue weighted by molar-refractivity contribution is -0.131. The van der Waals surface area contributed by atoms with Crippen LogP contribution >= 0.6 is 0 Å². The third-order valence-corrected chi connectivity index (χ3v) is 4.60. The Kier molecular flexibility index (Phi) is 6.36. The van der Waals surface area contributed by atoms with Gasteiger partial charge in [-0.2, -0.15) is 0 Å². The number of nitrogens with two attached hydrogens (primary N) is 1. The van der Waals surface area contributed by atoms with Gasteiger partial charge in [-0.3, -0.25) is 10.2 Å². The second-order valence-electron chi connectivity index (χ2n) is 6.55. The molecule has 0 aromatic heterocycles. The van der Waals surface area contributed by atoms with E-state index >= 15 is 0 Å². The zero-order chi connectivity index (χ0) is 20.8. The molecule has 0 aliphatic heterocycles. The fourth-order valence-electron chi connectivity index (χ4n) is 3.01. The van der Waals surface area contributed by atoms with Gasteiger partial charge in [-0.15, -0.1) is 0 Å². The molecule has 4 N–H and O–H groups in total. The Labute approximate surface area is 168 Å². The van der Waals surface area contributed by atoms with Gasteiger partial charge in [-0.05, 0) is 22.8 Å². The number of nitrogens with one attached hydrogen (secondary N) is 2. The molecule has 0 radical (unpaired) electrons. The Morgan fingerprint density at radius 1 is 1.07 bits per heavy atom. The van der Waals surface area contributed by atoms with E-state index in [4.69, 9.17) is 15.9 Å². The number of benzene rings is 3. The highest BCUT2D eigenvalue weighted by atomic mass is 19.1. The third-order valence-electron chi connectivity index (χ3n) is 4.60. The summed E-state index contributed by atoms with van der Waals surface area (Å²) in [6, 6.07) is 21.2. The number of amides is 1. The number of hydrogen-bond donors (Lipinski definition) is 3. The van der Waals surface area contributed by atoms with Gasteiger partial charge in [0.2, 0.25) is 0 Å². The Balaban J connectivity index is 1.71. The third kappa shape index (κ3) is 4.86. The van der Waals surface area contributed by atoms with Crippen molar-refractivity contribution in [2.24, 2.45) is 5.73 Å². The number of methoxy groups -OCH3 is 1. The predicted molar refractivity (Wildman–Crippen MR) is 111 cm³/mol. The standard InChI is InChI=1S/C23H22FN3O2/c1-29-21(23(28)27-14-15-7-9-17(10-8-15)22(25)26)19-12-11-18(13-20(19)24)16-5-3-2-4-6-16/h2-13,21H,14H2,1H3,(H3,25,26)(H,27,28). The average Bonchev–Trinajstić information content (AvgIpc) is 2.74. The number of amidine groups is 1. The maximum absolute atomic E-state index is 14.7. The van der Waals surface area contributed by atoms with Gasteiger partial charge in [0, 0.05) is 24.8 Å². The molecule has 0 aliphatic carbocycles. The predicted octanol–water partition coefficient (Wildman–Crippen LogP) is 3.78. The van der Waals surface area contributed by atoms with E-state index in [1.807, 2.05) is 30.3 Å². The van der Waals surface area contributed by atoms with E-state index in [1.54, 1.807) is 36.4 Å². The molecule has 148 valence electrons. The molecule has 1 amide bonds. The maximum atomic E-state index is 14.7. The zero-order valence-corrected chi connectivity index (χ0v) is 16.0. The lowest BCUT2D eigenvalue weighted by Gasteiger charge is -2.17. The van der Waals surface area contributed by atoms with Gasteiger partial charge >= 0.3 is 0 Å². The van der Waals surface area contributed by atoms with Gasteiger partial charge in [0.15, 0.2) is 6.10 Å². The fraction of sp³-hybridized carbons (Fsp3) is 0.130. The van der Waals surface area contributed by atoms with Crippen LogP contribution in [0.2, 0.25) is 0 Å². The summed E-state index contributed by atoms with van der Waals surface area (Å²) in [5.74, 6) is -0.955. The molecular formula is C23H22FN3O2. The second-order valence-corrected chi connectivity index (χ2v) is 6.55. The van der Waals surface area contributed by atoms with Crippen molar-refractivity contribution in [2.75, 3.05) is 7.11 Å². The highest BCUT2D eigenvalue weighted by Gasteiger charge is 2.23. The first-order chi connectivity index (χ1) is 14.0. The van der Waals surface area contributed by atoms with E-state index < -0.39 is 17.8 Å². The van der Waals surface area contributed by atoms with E-state index in [0.717, 1.165) is 16.7 Å². The van der Waals surface area contributed by atoms with Crippen LogP contribution in [0.5, 0.6) is 0 Å². The molecule has 0 spiro atoms. The minimum atomic E-state index is -1.06. The smallest absolute Gasteiger partial charge is 0.254 e. The summed E-state index contributed by atoms with van der Waals surface area (Å²) in [4.78, 5) is 12.6. The first-order valence-electron chi connectivity index (χ1n) is 9.08. The van der Waals surface area contributed by atoms with Crippen LogP contribution in [0.4, 0.5) is 4.39 Å². The van der Waals surface area contributed by atoms with Crippen LogP contribution < -0.4 is 11.1 Å². The van der Waals surface area contributed by atoms with E-state index in [1.165, 1.54) is 13.2 Å². The number of ether oxygens (including phenoxy) is 1. The van der Waals surface area contributed by atoms with Crippen molar-refractivity contribution in [1.82, 2.24) is 5.32 Å². The molecule has 3 aromatic carbocycles. The molecular weight excluding hydrogens is 369 g/mol. The van der Waals surface area contributed by atoms with Gasteiger partial charge in [0.1, 0.15) is 11.7 Å². The van der Waals surface area contributed by atoms with Crippen molar-refractivity contribution < 1.29 is 13.9 Å². The van der Waals surface area contributed by atoms with Crippen molar-refractivity contribution in [2.45, 2.75) is 12.6 Å². The van der Waals surface area contributed by atoms with Crippen molar-refractivity contribution in [3.05, 3.63) is 95.3 Å². The molecule has 0 aliphatic rings. The van der Waals surface area contributed by atoms with Gasteiger partial charge in [-0.1, -0.05) is 66.7 Å². The number of rotatable bonds is 7. The summed E-state index contributed by atoms with van der Waals surface area (Å²) in [5.41, 5.74) is 8.67. The quantitative estimate of drug-likeness (QED) is 0.423. The summed E-state index contributed by atoms with van der Waals surface area (Å²) >= 11 is 0. The van der Waals surface area contributed by atoms with Crippen LogP contribution in [-0.2, 0) is 16.1 Å². The molecule has 3 aromatic rings. The minimum Gasteiger partial charge on any atom is -0.384 e. The lowest BCUT2D eigenvalue weighted by Crippen LogP contribution is -2.30. The molecule has 29 heavy (non-hydrogen) atoms. The SMILES string of the molecule is COC(C(=O)NCc1ccc(C(=N)N)cc1)c1ccc(-c2ccccc2)cc1F. The Bertz CT molecular complexity index is 1000. The van der Waals surface area contributed by atoms with Crippen LogP contribution in [0.15, 0.2) is 72.8 Å². The van der Waals surface area contributed by atoms with Crippen LogP contribution in [0, 0.1) is 11.2 Å². The summed E-state index contributed by atoms with van der Waals surface area (Å²) < 4.78 is 20.0. The molecule has 0 saturated carbocycles. The van der Waals surface area contributed by atoms with Crippen molar-refractivity contribution in [3.8, 4) is 11.1 Å². The average molecular weight is 391 g/mol. The number of nitrogen functional groups attached to an aromatic ring is 1. The van der Waals surface area contributed by atoms with E-state index in [2.05, 4.69) is 5.32 Å². The highest BCUT2D eigenvalue weighted by molar-refractivity contribution is 5.94. The van der Waals surface area contributed by atoms with Crippen LogP contribution in [0.25, 0.3) is 11.1 Å². The summed E-state index contributed by atoms with van der Waals surface area (Å²) in [6.45, 7) is 0.251. The number of carbonyl (C=O) groups excluding carboxylic acids is 1. The Morgan fingerprint density at radius 3 is 2.34 bits per heavy atom. The molecule has 6 heteroatoms. The highest BCUT2D eigenvalue weighted by Crippen LogP contribution is 2.26. The zero-order valence-electron chi connectivity index (χ0n) is 16.0. The van der Waals surface area contributed by atoms with Crippen LogP contribution in [0.3, 0.4) is 0 Å². The molecule has 0 bridgehead atoms. The van der Waals surface area contributed by atoms with Gasteiger partial charge in [0.05, 0.1) is 0 Å². The molecule has 0 fully saturated rings. The van der Waals surface area contributed by atoms with Crippen LogP contribution in [-0.4, -0.2) is 18.9 Å². The van der Waals surface area contributed by atoms with E-state index in [9.17, 15) is 9.18 Å². The first-order valence-corrected chi connectivity index (χ1v) is 9.08. The van der Waals surface area contributed by atoms with Crippen molar-refractivity contribution in [1.29, 1.82) is 5.41 Å². The number of hydrogen-bond acceptors (Lipinski definition) is 3. The summed E-state index contributed by atoms with van der Waals surface area (Å²) in [6.07, 6.45) is -1.06. The fourth-order valence-corrected chi connectivity index (χ4v) is 3.01. The van der Waals surface area contributed by atoms with Crippen LogP contribution in [0.1, 0.15) is 22.8 Å². The van der Waals surface area contributed by atoms with Crippen molar-refractivity contribution >= 4 is 11.7 Å². The summed E-state index contributed by atoms with van der Waals surface area (Å²) in [7, 11) is 1.37. The molecule has 0 heterocycles. The normalized spacial score (nSPS) is 11.7. The molecule has 1 unspecified atom stereocenters.